The van der Waals surface area contributed by atoms with Crippen LogP contribution in [0.25, 0.3) is 5.65 Å². The molecule has 5 nitrogen and oxygen atoms in total. The van der Waals surface area contributed by atoms with E-state index in [2.05, 4.69) is 41.6 Å². The van der Waals surface area contributed by atoms with Crippen LogP contribution in [0.1, 0.15) is 77.8 Å². The average Bonchev–Trinajstić information content (AvgIpc) is 3.12. The van der Waals surface area contributed by atoms with Gasteiger partial charge in [0, 0.05) is 23.9 Å². The Morgan fingerprint density at radius 2 is 1.76 bits per heavy atom. The lowest BCUT2D eigenvalue weighted by molar-refractivity contribution is 0.0932. The molecule has 1 amide bonds. The van der Waals surface area contributed by atoms with Crippen LogP contribution in [0.15, 0.2) is 36.5 Å². The Hall–Kier alpha value is -2.69. The molecule has 1 aromatic carbocycles. The summed E-state index contributed by atoms with van der Waals surface area (Å²) in [4.78, 5) is 17.8. The van der Waals surface area contributed by atoms with Gasteiger partial charge in [0.05, 0.1) is 6.20 Å². The van der Waals surface area contributed by atoms with Crippen molar-refractivity contribution in [2.45, 2.75) is 71.3 Å². The van der Waals surface area contributed by atoms with Gasteiger partial charge < -0.3 is 5.32 Å². The highest BCUT2D eigenvalue weighted by molar-refractivity contribution is 5.99. The van der Waals surface area contributed by atoms with Crippen LogP contribution < -0.4 is 5.32 Å². The molecule has 29 heavy (non-hydrogen) atoms. The Balaban J connectivity index is 1.59. The number of nitrogens with zero attached hydrogens (tertiary/aromatic N) is 3. The summed E-state index contributed by atoms with van der Waals surface area (Å²) in [5.74, 6) is -0.0484. The molecule has 3 aromatic rings. The first-order chi connectivity index (χ1) is 14.1. The van der Waals surface area contributed by atoms with Gasteiger partial charge in [-0.15, -0.1) is 0 Å². The second-order valence-electron chi connectivity index (χ2n) is 8.23. The Bertz CT molecular complexity index is 985. The van der Waals surface area contributed by atoms with Crippen LogP contribution in [0.2, 0.25) is 0 Å². The minimum absolute atomic E-state index is 0.0484. The topological polar surface area (TPSA) is 59.3 Å². The number of aromatic nitrogens is 3. The summed E-state index contributed by atoms with van der Waals surface area (Å²) in [6.07, 6.45) is 10.9. The van der Waals surface area contributed by atoms with Crippen molar-refractivity contribution in [3.05, 3.63) is 64.6 Å². The molecule has 2 aromatic heterocycles. The van der Waals surface area contributed by atoms with E-state index in [9.17, 15) is 4.79 Å². The highest BCUT2D eigenvalue weighted by Crippen LogP contribution is 2.21. The molecular weight excluding hydrogens is 360 g/mol. The normalized spacial score (nSPS) is 15.8. The first-order valence-corrected chi connectivity index (χ1v) is 10.8. The van der Waals surface area contributed by atoms with E-state index in [0.29, 0.717) is 11.2 Å². The van der Waals surface area contributed by atoms with Crippen molar-refractivity contribution in [3.63, 3.8) is 0 Å². The van der Waals surface area contributed by atoms with Crippen molar-refractivity contribution >= 4 is 11.6 Å². The lowest BCUT2D eigenvalue weighted by atomic mass is 9.96. The molecule has 5 heteroatoms. The molecule has 4 rings (SSSR count). The molecule has 1 fully saturated rings. The highest BCUT2D eigenvalue weighted by Gasteiger charge is 2.21. The summed E-state index contributed by atoms with van der Waals surface area (Å²) < 4.78 is 1.82. The van der Waals surface area contributed by atoms with Crippen LogP contribution in [0.3, 0.4) is 0 Å². The molecule has 1 saturated carbocycles. The van der Waals surface area contributed by atoms with Gasteiger partial charge >= 0.3 is 0 Å². The SMILES string of the molecule is Cc1nc2c(C(=O)NC3CCCCCCC3)cnn2c(C)c1Cc1ccccc1. The number of nitrogens with one attached hydrogen (secondary N) is 1. The van der Waals surface area contributed by atoms with Crippen molar-refractivity contribution in [3.8, 4) is 0 Å². The number of hydrogen-bond donors (Lipinski definition) is 1. The minimum Gasteiger partial charge on any atom is -0.349 e. The standard InChI is InChI=1S/C24H30N4O/c1-17-21(15-19-11-7-6-8-12-19)18(2)28-23(26-17)22(16-25-28)24(29)27-20-13-9-4-3-5-10-14-20/h6-8,11-12,16,20H,3-5,9-10,13-15H2,1-2H3,(H,27,29). The summed E-state index contributed by atoms with van der Waals surface area (Å²) in [5.41, 5.74) is 5.64. The van der Waals surface area contributed by atoms with E-state index in [1.165, 1.54) is 43.2 Å². The smallest absolute Gasteiger partial charge is 0.256 e. The van der Waals surface area contributed by atoms with E-state index in [4.69, 9.17) is 4.98 Å². The van der Waals surface area contributed by atoms with Gasteiger partial charge in [-0.1, -0.05) is 62.4 Å². The van der Waals surface area contributed by atoms with Crippen LogP contribution >= 0.6 is 0 Å². The summed E-state index contributed by atoms with van der Waals surface area (Å²) in [6.45, 7) is 4.08. The molecule has 0 saturated heterocycles. The second-order valence-corrected chi connectivity index (χ2v) is 8.23. The van der Waals surface area contributed by atoms with E-state index in [-0.39, 0.29) is 11.9 Å². The third kappa shape index (κ3) is 4.34. The lowest BCUT2D eigenvalue weighted by Crippen LogP contribution is -2.35. The summed E-state index contributed by atoms with van der Waals surface area (Å²) in [6, 6.07) is 10.6. The second kappa shape index (κ2) is 8.76. The van der Waals surface area contributed by atoms with E-state index >= 15 is 0 Å². The molecule has 0 spiro atoms. The van der Waals surface area contributed by atoms with Crippen LogP contribution in [0.5, 0.6) is 0 Å². The molecule has 0 aliphatic heterocycles. The molecule has 1 aliphatic carbocycles. The van der Waals surface area contributed by atoms with E-state index in [0.717, 1.165) is 30.7 Å². The van der Waals surface area contributed by atoms with Crippen LogP contribution in [-0.2, 0) is 6.42 Å². The number of carbonyl (C=O) groups excluding carboxylic acids is 1. The van der Waals surface area contributed by atoms with E-state index in [1.54, 1.807) is 6.20 Å². The number of benzene rings is 1. The molecule has 1 aliphatic rings. The summed E-state index contributed by atoms with van der Waals surface area (Å²) >= 11 is 0. The Labute approximate surface area is 172 Å². The van der Waals surface area contributed by atoms with Crippen molar-refractivity contribution in [2.75, 3.05) is 0 Å². The van der Waals surface area contributed by atoms with Gasteiger partial charge in [0.15, 0.2) is 5.65 Å². The van der Waals surface area contributed by atoms with E-state index in [1.807, 2.05) is 17.5 Å². The van der Waals surface area contributed by atoms with Crippen LogP contribution in [-0.4, -0.2) is 26.5 Å². The fourth-order valence-electron chi connectivity index (χ4n) is 4.39. The van der Waals surface area contributed by atoms with Gasteiger partial charge in [-0.2, -0.15) is 5.10 Å². The van der Waals surface area contributed by atoms with Gasteiger partial charge in [-0.25, -0.2) is 9.50 Å². The first-order valence-electron chi connectivity index (χ1n) is 10.8. The zero-order chi connectivity index (χ0) is 20.2. The monoisotopic (exact) mass is 390 g/mol. The van der Waals surface area contributed by atoms with Gasteiger partial charge in [-0.05, 0) is 37.8 Å². The molecule has 152 valence electrons. The van der Waals surface area contributed by atoms with Gasteiger partial charge in [0.2, 0.25) is 0 Å². The van der Waals surface area contributed by atoms with Crippen molar-refractivity contribution in [1.29, 1.82) is 0 Å². The first kappa shape index (κ1) is 19.6. The van der Waals surface area contributed by atoms with Gasteiger partial charge in [0.25, 0.3) is 5.91 Å². The maximum Gasteiger partial charge on any atom is 0.256 e. The quantitative estimate of drug-likeness (QED) is 0.697. The summed E-state index contributed by atoms with van der Waals surface area (Å²) in [7, 11) is 0. The number of carbonyl (C=O) groups is 1. The zero-order valence-electron chi connectivity index (χ0n) is 17.4. The number of rotatable bonds is 4. The minimum atomic E-state index is -0.0484. The number of aryl methyl sites for hydroxylation is 2. The highest BCUT2D eigenvalue weighted by atomic mass is 16.1. The maximum atomic E-state index is 13.0. The Morgan fingerprint density at radius 1 is 1.07 bits per heavy atom. The van der Waals surface area contributed by atoms with Gasteiger partial charge in [0.1, 0.15) is 5.56 Å². The van der Waals surface area contributed by atoms with Crippen LogP contribution in [0, 0.1) is 13.8 Å². The third-order valence-electron chi connectivity index (χ3n) is 6.12. The molecule has 0 radical (unpaired) electrons. The number of amides is 1. The predicted octanol–water partition coefficient (Wildman–Crippen LogP) is 4.78. The van der Waals surface area contributed by atoms with Crippen LogP contribution in [0.4, 0.5) is 0 Å². The largest absolute Gasteiger partial charge is 0.349 e. The van der Waals surface area contributed by atoms with Crippen molar-refractivity contribution in [2.24, 2.45) is 0 Å². The average molecular weight is 391 g/mol. The van der Waals surface area contributed by atoms with E-state index < -0.39 is 0 Å². The number of hydrogen-bond acceptors (Lipinski definition) is 3. The maximum absolute atomic E-state index is 13.0. The molecular formula is C24H30N4O. The molecule has 2 heterocycles. The molecule has 0 bridgehead atoms. The van der Waals surface area contributed by atoms with Crippen molar-refractivity contribution in [1.82, 2.24) is 19.9 Å². The fraction of sp³-hybridized carbons (Fsp3) is 0.458. The zero-order valence-corrected chi connectivity index (χ0v) is 17.4. The lowest BCUT2D eigenvalue weighted by Gasteiger charge is -2.20. The Morgan fingerprint density at radius 3 is 2.48 bits per heavy atom. The predicted molar refractivity (Wildman–Crippen MR) is 115 cm³/mol. The third-order valence-corrected chi connectivity index (χ3v) is 6.12. The molecule has 1 N–H and O–H groups in total. The molecule has 0 atom stereocenters. The fourth-order valence-corrected chi connectivity index (χ4v) is 4.39. The number of fused-ring (bicyclic) bond motifs is 1. The summed E-state index contributed by atoms with van der Waals surface area (Å²) in [5, 5.41) is 7.74. The van der Waals surface area contributed by atoms with Gasteiger partial charge in [-0.3, -0.25) is 4.79 Å². The Kier molecular flexibility index (Phi) is 5.93. The molecule has 0 unspecified atom stereocenters. The van der Waals surface area contributed by atoms with Crippen molar-refractivity contribution < 1.29 is 4.79 Å².